The van der Waals surface area contributed by atoms with Gasteiger partial charge in [-0.3, -0.25) is 4.79 Å². The second-order valence-electron chi connectivity index (χ2n) is 8.03. The normalized spacial score (nSPS) is 14.8. The molecule has 31 heavy (non-hydrogen) atoms. The van der Waals surface area contributed by atoms with E-state index in [2.05, 4.69) is 27.3 Å². The molecule has 0 saturated carbocycles. The number of pyridine rings is 1. The number of benzene rings is 1. The Morgan fingerprint density at radius 1 is 1.19 bits per heavy atom. The fourth-order valence-corrected chi connectivity index (χ4v) is 4.42. The number of hydrogen-bond acceptors (Lipinski definition) is 4. The summed E-state index contributed by atoms with van der Waals surface area (Å²) in [5.74, 6) is 1.13. The van der Waals surface area contributed by atoms with Gasteiger partial charge in [-0.25, -0.2) is 9.67 Å². The molecule has 0 atom stereocenters. The minimum absolute atomic E-state index is 0.0237. The van der Waals surface area contributed by atoms with E-state index in [-0.39, 0.29) is 5.91 Å². The number of nitrogens with zero attached hydrogens (tertiary/aromatic N) is 4. The highest BCUT2D eigenvalue weighted by Gasteiger charge is 2.27. The summed E-state index contributed by atoms with van der Waals surface area (Å²) in [5, 5.41) is 5.73. The van der Waals surface area contributed by atoms with Crippen LogP contribution in [0.5, 0.6) is 5.75 Å². The van der Waals surface area contributed by atoms with Gasteiger partial charge in [0.25, 0.3) is 5.91 Å². The van der Waals surface area contributed by atoms with E-state index in [0.717, 1.165) is 48.6 Å². The summed E-state index contributed by atoms with van der Waals surface area (Å²) in [7, 11) is 1.64. The Labute approximate surface area is 180 Å². The first kappa shape index (κ1) is 19.4. The van der Waals surface area contributed by atoms with Gasteiger partial charge in [-0.05, 0) is 67.1 Å². The number of likely N-dealkylation sites (tertiary alicyclic amines) is 1. The number of ether oxygens (including phenoxy) is 1. The molecule has 1 fully saturated rings. The topological polar surface area (TPSA) is 76.0 Å². The van der Waals surface area contributed by atoms with E-state index in [9.17, 15) is 4.79 Å². The Hall–Kier alpha value is -3.61. The van der Waals surface area contributed by atoms with Crippen LogP contribution >= 0.6 is 0 Å². The van der Waals surface area contributed by atoms with Crippen LogP contribution in [0, 0.1) is 6.92 Å². The zero-order valence-corrected chi connectivity index (χ0v) is 17.7. The van der Waals surface area contributed by atoms with Gasteiger partial charge in [0.2, 0.25) is 0 Å². The number of hydrogen-bond donors (Lipinski definition) is 1. The molecule has 1 aliphatic rings. The number of rotatable bonds is 4. The fourth-order valence-electron chi connectivity index (χ4n) is 4.42. The summed E-state index contributed by atoms with van der Waals surface area (Å²) < 4.78 is 7.17. The molecule has 0 radical (unpaired) electrons. The molecule has 1 N–H and O–H groups in total. The van der Waals surface area contributed by atoms with Gasteiger partial charge in [-0.15, -0.1) is 0 Å². The highest BCUT2D eigenvalue weighted by molar-refractivity contribution is 5.92. The maximum atomic E-state index is 13.1. The fraction of sp³-hybridized carbons (Fsp3) is 0.292. The van der Waals surface area contributed by atoms with E-state index >= 15 is 0 Å². The lowest BCUT2D eigenvalue weighted by Crippen LogP contribution is -2.38. The van der Waals surface area contributed by atoms with Crippen LogP contribution in [0.4, 0.5) is 0 Å². The molecule has 0 unspecified atom stereocenters. The maximum Gasteiger partial charge on any atom is 0.274 e. The van der Waals surface area contributed by atoms with Crippen LogP contribution in [0.15, 0.2) is 55.0 Å². The van der Waals surface area contributed by atoms with Crippen molar-refractivity contribution in [1.82, 2.24) is 24.6 Å². The Bertz CT molecular complexity index is 1230. The largest absolute Gasteiger partial charge is 0.494 e. The first-order valence-electron chi connectivity index (χ1n) is 10.6. The number of aromatic amines is 1. The first-order chi connectivity index (χ1) is 15.1. The minimum atomic E-state index is -0.0237. The molecule has 4 heterocycles. The zero-order valence-electron chi connectivity index (χ0n) is 17.7. The molecular formula is C24H25N5O2. The number of amides is 1. The summed E-state index contributed by atoms with van der Waals surface area (Å²) in [5.41, 5.74) is 4.61. The molecule has 158 valence electrons. The molecule has 3 aromatic heterocycles. The van der Waals surface area contributed by atoms with Crippen molar-refractivity contribution in [2.24, 2.45) is 0 Å². The lowest BCUT2D eigenvalue weighted by atomic mass is 9.89. The Kier molecular flexibility index (Phi) is 4.94. The van der Waals surface area contributed by atoms with Crippen LogP contribution in [0.2, 0.25) is 0 Å². The molecule has 0 spiro atoms. The lowest BCUT2D eigenvalue weighted by Gasteiger charge is -2.31. The third kappa shape index (κ3) is 3.56. The highest BCUT2D eigenvalue weighted by Crippen LogP contribution is 2.33. The standard InChI is InChI=1S/C24H25N5O2/c1-16-5-6-22(31-2)21(14-16)29-13-9-20(27-29)24(30)28-11-7-17(8-12-28)19-15-26-23-18(19)4-3-10-25-23/h3-6,9-10,13-15,17H,7-8,11-12H2,1-2H3,(H,25,26). The van der Waals surface area contributed by atoms with Crippen molar-refractivity contribution in [3.8, 4) is 11.4 Å². The molecule has 1 amide bonds. The van der Waals surface area contributed by atoms with E-state index in [1.165, 1.54) is 10.9 Å². The van der Waals surface area contributed by atoms with Gasteiger partial charge in [0.05, 0.1) is 7.11 Å². The van der Waals surface area contributed by atoms with Crippen LogP contribution in [-0.4, -0.2) is 50.8 Å². The lowest BCUT2D eigenvalue weighted by molar-refractivity contribution is 0.0707. The van der Waals surface area contributed by atoms with Gasteiger partial charge in [0.15, 0.2) is 5.69 Å². The molecule has 0 aliphatic carbocycles. The van der Waals surface area contributed by atoms with E-state index in [4.69, 9.17) is 4.74 Å². The van der Waals surface area contributed by atoms with Crippen molar-refractivity contribution in [3.05, 3.63) is 71.8 Å². The highest BCUT2D eigenvalue weighted by atomic mass is 16.5. The van der Waals surface area contributed by atoms with Crippen LogP contribution in [0.1, 0.15) is 40.4 Å². The van der Waals surface area contributed by atoms with Crippen molar-refractivity contribution in [2.45, 2.75) is 25.7 Å². The number of methoxy groups -OCH3 is 1. The Morgan fingerprint density at radius 3 is 2.84 bits per heavy atom. The van der Waals surface area contributed by atoms with Gasteiger partial charge in [0.1, 0.15) is 17.1 Å². The molecule has 1 aromatic carbocycles. The average molecular weight is 415 g/mol. The van der Waals surface area contributed by atoms with Crippen LogP contribution in [-0.2, 0) is 0 Å². The van der Waals surface area contributed by atoms with E-state index in [0.29, 0.717) is 11.6 Å². The second-order valence-corrected chi connectivity index (χ2v) is 8.03. The van der Waals surface area contributed by atoms with Gasteiger partial charge in [-0.2, -0.15) is 5.10 Å². The van der Waals surface area contributed by atoms with Crippen molar-refractivity contribution in [2.75, 3.05) is 20.2 Å². The number of piperidine rings is 1. The van der Waals surface area contributed by atoms with Crippen LogP contribution in [0.3, 0.4) is 0 Å². The van der Waals surface area contributed by atoms with Crippen LogP contribution < -0.4 is 4.74 Å². The third-order valence-corrected chi connectivity index (χ3v) is 6.09. The van der Waals surface area contributed by atoms with Crippen LogP contribution in [0.25, 0.3) is 16.7 Å². The number of aromatic nitrogens is 4. The minimum Gasteiger partial charge on any atom is -0.494 e. The van der Waals surface area contributed by atoms with Gasteiger partial charge in [-0.1, -0.05) is 6.07 Å². The maximum absolute atomic E-state index is 13.1. The first-order valence-corrected chi connectivity index (χ1v) is 10.6. The summed E-state index contributed by atoms with van der Waals surface area (Å²) in [6.45, 7) is 3.46. The Morgan fingerprint density at radius 2 is 2.03 bits per heavy atom. The quantitative estimate of drug-likeness (QED) is 0.545. The summed E-state index contributed by atoms with van der Waals surface area (Å²) >= 11 is 0. The van der Waals surface area contributed by atoms with E-state index < -0.39 is 0 Å². The van der Waals surface area contributed by atoms with Gasteiger partial charge >= 0.3 is 0 Å². The second kappa shape index (κ2) is 7.91. The summed E-state index contributed by atoms with van der Waals surface area (Å²) in [4.78, 5) is 22.6. The SMILES string of the molecule is COc1ccc(C)cc1-n1ccc(C(=O)N2CCC(c3c[nH]c4ncccc34)CC2)n1. The number of nitrogens with one attached hydrogen (secondary N) is 1. The Balaban J connectivity index is 1.30. The number of fused-ring (bicyclic) bond motifs is 1. The zero-order chi connectivity index (χ0) is 21.4. The molecule has 1 aliphatic heterocycles. The molecule has 7 nitrogen and oxygen atoms in total. The number of carbonyl (C=O) groups excluding carboxylic acids is 1. The van der Waals surface area contributed by atoms with Crippen molar-refractivity contribution < 1.29 is 9.53 Å². The van der Waals surface area contributed by atoms with Gasteiger partial charge in [0, 0.05) is 37.1 Å². The molecule has 0 bridgehead atoms. The van der Waals surface area contributed by atoms with Gasteiger partial charge < -0.3 is 14.6 Å². The predicted molar refractivity (Wildman–Crippen MR) is 119 cm³/mol. The smallest absolute Gasteiger partial charge is 0.274 e. The van der Waals surface area contributed by atoms with E-state index in [1.54, 1.807) is 24.1 Å². The molecule has 1 saturated heterocycles. The average Bonchev–Trinajstić information content (AvgIpc) is 3.46. The third-order valence-electron chi connectivity index (χ3n) is 6.09. The predicted octanol–water partition coefficient (Wildman–Crippen LogP) is 4.09. The van der Waals surface area contributed by atoms with Crippen molar-refractivity contribution >= 4 is 16.9 Å². The molecule has 4 aromatic rings. The number of carbonyl (C=O) groups is 1. The molecular weight excluding hydrogens is 390 g/mol. The number of H-pyrrole nitrogens is 1. The number of aryl methyl sites for hydroxylation is 1. The monoisotopic (exact) mass is 415 g/mol. The summed E-state index contributed by atoms with van der Waals surface area (Å²) in [6, 6.07) is 11.8. The molecule has 5 rings (SSSR count). The summed E-state index contributed by atoms with van der Waals surface area (Å²) in [6.07, 6.45) is 7.54. The van der Waals surface area contributed by atoms with Crippen molar-refractivity contribution in [1.29, 1.82) is 0 Å². The van der Waals surface area contributed by atoms with Crippen molar-refractivity contribution in [3.63, 3.8) is 0 Å². The molecule has 7 heteroatoms. The van der Waals surface area contributed by atoms with E-state index in [1.807, 2.05) is 42.3 Å².